The minimum atomic E-state index is 0.858. The molecule has 0 saturated carbocycles. The SMILES string of the molecule is Cc1ccc(N(C2=CC3=C(CC2)c2cc4oc5cc(N(c6ccc(C)cc6)c6ccc(C)cc6)ccc5c4c4cccc(c24)O3)c2ccc(C)cc2)cc1. The first kappa shape index (κ1) is 32.2. The van der Waals surface area contributed by atoms with Gasteiger partial charge in [0.15, 0.2) is 0 Å². The molecule has 2 heterocycles. The number of allylic oxidation sites excluding steroid dienone is 3. The lowest BCUT2D eigenvalue weighted by molar-refractivity contribution is 0.442. The minimum Gasteiger partial charge on any atom is -0.456 e. The minimum absolute atomic E-state index is 0.858. The zero-order valence-electron chi connectivity index (χ0n) is 31.0. The molecule has 0 bridgehead atoms. The summed E-state index contributed by atoms with van der Waals surface area (Å²) >= 11 is 0. The summed E-state index contributed by atoms with van der Waals surface area (Å²) in [5.41, 5.74) is 15.9. The van der Waals surface area contributed by atoms with Crippen molar-refractivity contribution in [3.05, 3.63) is 185 Å². The van der Waals surface area contributed by atoms with Crippen LogP contribution in [0.4, 0.5) is 28.4 Å². The molecule has 10 rings (SSSR count). The van der Waals surface area contributed by atoms with Gasteiger partial charge in [0.2, 0.25) is 0 Å². The normalized spacial score (nSPS) is 13.6. The molecule has 54 heavy (non-hydrogen) atoms. The molecule has 0 fully saturated rings. The van der Waals surface area contributed by atoms with Gasteiger partial charge >= 0.3 is 0 Å². The van der Waals surface area contributed by atoms with E-state index >= 15 is 0 Å². The first-order chi connectivity index (χ1) is 26.4. The van der Waals surface area contributed by atoms with Crippen LogP contribution < -0.4 is 14.5 Å². The Kier molecular flexibility index (Phi) is 7.48. The second-order valence-corrected chi connectivity index (χ2v) is 14.9. The second kappa shape index (κ2) is 12.6. The van der Waals surface area contributed by atoms with Crippen molar-refractivity contribution in [1.82, 2.24) is 0 Å². The molecule has 4 nitrogen and oxygen atoms in total. The third-order valence-corrected chi connectivity index (χ3v) is 11.0. The maximum Gasteiger partial charge on any atom is 0.137 e. The van der Waals surface area contributed by atoms with Crippen molar-refractivity contribution in [2.75, 3.05) is 9.80 Å². The van der Waals surface area contributed by atoms with Gasteiger partial charge < -0.3 is 19.0 Å². The average Bonchev–Trinajstić information content (AvgIpc) is 3.56. The summed E-state index contributed by atoms with van der Waals surface area (Å²) in [6.07, 6.45) is 3.99. The van der Waals surface area contributed by atoms with Gasteiger partial charge in [0.05, 0.1) is 0 Å². The van der Waals surface area contributed by atoms with Crippen LogP contribution >= 0.6 is 0 Å². The van der Waals surface area contributed by atoms with E-state index in [1.807, 2.05) is 0 Å². The predicted molar refractivity (Wildman–Crippen MR) is 225 cm³/mol. The Morgan fingerprint density at radius 1 is 0.463 bits per heavy atom. The number of ether oxygens (including phenoxy) is 1. The lowest BCUT2D eigenvalue weighted by atomic mass is 9.87. The lowest BCUT2D eigenvalue weighted by Gasteiger charge is -2.33. The Hall–Kier alpha value is -6.52. The van der Waals surface area contributed by atoms with Gasteiger partial charge in [-0.15, -0.1) is 0 Å². The smallest absolute Gasteiger partial charge is 0.137 e. The van der Waals surface area contributed by atoms with Gasteiger partial charge in [-0.1, -0.05) is 82.9 Å². The number of aryl methyl sites for hydroxylation is 4. The van der Waals surface area contributed by atoms with Gasteiger partial charge in [0, 0.05) is 68.0 Å². The van der Waals surface area contributed by atoms with E-state index in [0.29, 0.717) is 0 Å². The van der Waals surface area contributed by atoms with E-state index in [1.165, 1.54) is 39.1 Å². The quantitative estimate of drug-likeness (QED) is 0.173. The highest BCUT2D eigenvalue weighted by Crippen LogP contribution is 2.50. The summed E-state index contributed by atoms with van der Waals surface area (Å²) in [7, 11) is 0. The Morgan fingerprint density at radius 2 is 1.00 bits per heavy atom. The number of hydrogen-bond donors (Lipinski definition) is 0. The maximum absolute atomic E-state index is 6.84. The number of anilines is 5. The van der Waals surface area contributed by atoms with Crippen molar-refractivity contribution in [2.45, 2.75) is 40.5 Å². The Balaban J connectivity index is 1.11. The largest absolute Gasteiger partial charge is 0.456 e. The van der Waals surface area contributed by atoms with Crippen LogP contribution in [-0.4, -0.2) is 0 Å². The molecule has 262 valence electrons. The maximum atomic E-state index is 6.84. The molecule has 0 saturated heterocycles. The van der Waals surface area contributed by atoms with Crippen LogP contribution in [0.5, 0.6) is 5.75 Å². The monoisotopic (exact) mass is 700 g/mol. The Labute approximate surface area is 315 Å². The molecule has 0 unspecified atom stereocenters. The highest BCUT2D eigenvalue weighted by atomic mass is 16.5. The molecule has 2 aliphatic rings. The van der Waals surface area contributed by atoms with E-state index in [2.05, 4.69) is 183 Å². The lowest BCUT2D eigenvalue weighted by Crippen LogP contribution is -2.20. The molecular formula is C50H40N2O2. The van der Waals surface area contributed by atoms with Crippen LogP contribution in [0.1, 0.15) is 40.7 Å². The summed E-state index contributed by atoms with van der Waals surface area (Å²) < 4.78 is 13.7. The zero-order chi connectivity index (χ0) is 36.5. The van der Waals surface area contributed by atoms with Crippen LogP contribution in [0.2, 0.25) is 0 Å². The fourth-order valence-electron chi connectivity index (χ4n) is 8.21. The van der Waals surface area contributed by atoms with Gasteiger partial charge in [0.25, 0.3) is 0 Å². The third-order valence-electron chi connectivity index (χ3n) is 11.0. The molecule has 1 aromatic heterocycles. The number of furan rings is 1. The molecule has 0 amide bonds. The van der Waals surface area contributed by atoms with Gasteiger partial charge in [-0.3, -0.25) is 0 Å². The number of rotatable bonds is 6. The van der Waals surface area contributed by atoms with Gasteiger partial charge in [-0.25, -0.2) is 0 Å². The average molecular weight is 701 g/mol. The predicted octanol–water partition coefficient (Wildman–Crippen LogP) is 14.1. The Bertz CT molecular complexity index is 2710. The number of hydrogen-bond acceptors (Lipinski definition) is 4. The summed E-state index contributed by atoms with van der Waals surface area (Å²) in [5, 5.41) is 4.53. The van der Waals surface area contributed by atoms with Crippen molar-refractivity contribution < 1.29 is 9.15 Å². The number of fused-ring (bicyclic) bond motifs is 5. The van der Waals surface area contributed by atoms with Crippen LogP contribution in [0.25, 0.3) is 38.3 Å². The molecule has 0 spiro atoms. The Morgan fingerprint density at radius 3 is 1.57 bits per heavy atom. The van der Waals surface area contributed by atoms with Gasteiger partial charge in [0.1, 0.15) is 22.7 Å². The summed E-state index contributed by atoms with van der Waals surface area (Å²) in [6, 6.07) is 50.3. The molecule has 7 aromatic carbocycles. The highest BCUT2D eigenvalue weighted by Gasteiger charge is 2.29. The molecule has 0 N–H and O–H groups in total. The fraction of sp³-hybridized carbons (Fsp3) is 0.120. The fourth-order valence-corrected chi connectivity index (χ4v) is 8.21. The van der Waals surface area contributed by atoms with E-state index < -0.39 is 0 Å². The van der Waals surface area contributed by atoms with Crippen molar-refractivity contribution in [1.29, 1.82) is 0 Å². The molecule has 8 aromatic rings. The van der Waals surface area contributed by atoms with Crippen molar-refractivity contribution in [3.8, 4) is 5.75 Å². The third kappa shape index (κ3) is 5.37. The molecule has 0 atom stereocenters. The van der Waals surface area contributed by atoms with Crippen LogP contribution in [-0.2, 0) is 0 Å². The summed E-state index contributed by atoms with van der Waals surface area (Å²) in [4.78, 5) is 4.67. The summed E-state index contributed by atoms with van der Waals surface area (Å²) in [5.74, 6) is 1.79. The first-order valence-corrected chi connectivity index (χ1v) is 18.8. The standard InChI is InChI=1S/C50H40N2O2/c1-31-8-16-35(17-9-31)51(36-18-10-32(2)11-19-36)39-24-26-41-44-30-48-49(43-6-5-7-45(50(43)44)53-46(41)28-39)42-27-25-40(29-47(42)54-48)52(37-20-12-33(3)13-21-37)38-22-14-34(4)15-23-38/h5-23,25,27-30H,24,26H2,1-4H3. The van der Waals surface area contributed by atoms with Crippen LogP contribution in [0.3, 0.4) is 0 Å². The zero-order valence-corrected chi connectivity index (χ0v) is 31.0. The van der Waals surface area contributed by atoms with Crippen LogP contribution in [0, 0.1) is 27.7 Å². The van der Waals surface area contributed by atoms with Crippen molar-refractivity contribution in [3.63, 3.8) is 0 Å². The van der Waals surface area contributed by atoms with Crippen molar-refractivity contribution in [2.24, 2.45) is 0 Å². The topological polar surface area (TPSA) is 28.9 Å². The summed E-state index contributed by atoms with van der Waals surface area (Å²) in [6.45, 7) is 8.52. The number of nitrogens with zero attached hydrogens (tertiary/aromatic N) is 2. The van der Waals surface area contributed by atoms with E-state index in [9.17, 15) is 0 Å². The molecule has 1 aliphatic carbocycles. The molecular weight excluding hydrogens is 661 g/mol. The molecule has 1 aliphatic heterocycles. The molecule has 4 heteroatoms. The van der Waals surface area contributed by atoms with Crippen LogP contribution in [0.15, 0.2) is 161 Å². The van der Waals surface area contributed by atoms with E-state index in [1.54, 1.807) is 0 Å². The van der Waals surface area contributed by atoms with Gasteiger partial charge in [-0.05, 0) is 124 Å². The number of benzene rings is 7. The van der Waals surface area contributed by atoms with E-state index in [0.717, 1.165) is 85.5 Å². The second-order valence-electron chi connectivity index (χ2n) is 14.9. The van der Waals surface area contributed by atoms with E-state index in [4.69, 9.17) is 9.15 Å². The molecule has 0 radical (unpaired) electrons. The first-order valence-electron chi connectivity index (χ1n) is 18.8. The van der Waals surface area contributed by atoms with Gasteiger partial charge in [-0.2, -0.15) is 0 Å². The highest BCUT2D eigenvalue weighted by molar-refractivity contribution is 6.23. The van der Waals surface area contributed by atoms with Crippen molar-refractivity contribution >= 4 is 66.7 Å². The van der Waals surface area contributed by atoms with E-state index in [-0.39, 0.29) is 0 Å².